The first-order chi connectivity index (χ1) is 11.9. The first-order valence-corrected chi connectivity index (χ1v) is 7.70. The maximum Gasteiger partial charge on any atom is 0.0853 e. The number of benzene rings is 2. The molecule has 0 amide bonds. The second-order valence-electron chi connectivity index (χ2n) is 5.14. The first kappa shape index (κ1) is 18.9. The van der Waals surface area contributed by atoms with Gasteiger partial charge in [-0.15, -0.1) is 35.9 Å². The van der Waals surface area contributed by atoms with Gasteiger partial charge in [0.2, 0.25) is 0 Å². The van der Waals surface area contributed by atoms with Crippen molar-refractivity contribution in [3.63, 3.8) is 0 Å². The van der Waals surface area contributed by atoms with Crippen LogP contribution >= 0.6 is 0 Å². The summed E-state index contributed by atoms with van der Waals surface area (Å²) in [7, 11) is 0. The predicted molar refractivity (Wildman–Crippen MR) is 96.2 cm³/mol. The summed E-state index contributed by atoms with van der Waals surface area (Å²) in [6.45, 7) is 0.00480. The molecule has 0 atom stereocenters. The van der Waals surface area contributed by atoms with Crippen molar-refractivity contribution in [3.8, 4) is 11.3 Å². The van der Waals surface area contributed by atoms with Crippen molar-refractivity contribution in [1.82, 2.24) is 9.97 Å². The molecule has 4 heteroatoms. The predicted octanol–water partition coefficient (Wildman–Crippen LogP) is 4.27. The van der Waals surface area contributed by atoms with E-state index in [1.165, 1.54) is 0 Å². The van der Waals surface area contributed by atoms with Gasteiger partial charge in [0.05, 0.1) is 17.8 Å². The summed E-state index contributed by atoms with van der Waals surface area (Å²) in [6, 6.07) is 28.5. The minimum absolute atomic E-state index is 0. The van der Waals surface area contributed by atoms with Crippen molar-refractivity contribution in [2.75, 3.05) is 0 Å². The van der Waals surface area contributed by atoms with Gasteiger partial charge in [0.15, 0.2) is 0 Å². The number of pyridine rings is 2. The minimum atomic E-state index is 0. The van der Waals surface area contributed by atoms with Gasteiger partial charge in [-0.1, -0.05) is 36.4 Å². The van der Waals surface area contributed by atoms with Crippen LogP contribution in [0.4, 0.5) is 0 Å². The van der Waals surface area contributed by atoms with Gasteiger partial charge < -0.3 is 10.1 Å². The number of aromatic nitrogens is 2. The third-order valence-corrected chi connectivity index (χ3v) is 3.47. The van der Waals surface area contributed by atoms with Gasteiger partial charge in [0, 0.05) is 31.7 Å². The summed E-state index contributed by atoms with van der Waals surface area (Å²) in [5.74, 6) is 0. The Hall–Kier alpha value is -2.39. The van der Waals surface area contributed by atoms with Crippen molar-refractivity contribution >= 4 is 10.9 Å². The van der Waals surface area contributed by atoms with Crippen molar-refractivity contribution in [2.24, 2.45) is 0 Å². The minimum Gasteiger partial charge on any atom is -0.390 e. The smallest absolute Gasteiger partial charge is 0.0853 e. The van der Waals surface area contributed by atoms with Crippen LogP contribution in [0.3, 0.4) is 0 Å². The fourth-order valence-electron chi connectivity index (χ4n) is 2.27. The number of rotatable bonds is 2. The molecule has 0 aliphatic heterocycles. The molecule has 4 rings (SSSR count). The number of hydrogen-bond acceptors (Lipinski definition) is 3. The average molecular weight is 506 g/mol. The Morgan fingerprint density at radius 3 is 2.36 bits per heavy atom. The Bertz CT molecular complexity index is 861. The molecule has 25 heavy (non-hydrogen) atoms. The van der Waals surface area contributed by atoms with E-state index >= 15 is 0 Å². The summed E-state index contributed by atoms with van der Waals surface area (Å²) >= 11 is 0. The summed E-state index contributed by atoms with van der Waals surface area (Å²) in [6.07, 6.45) is 1.79. The normalized spacial score (nSPS) is 9.64. The van der Waals surface area contributed by atoms with Gasteiger partial charge in [0.25, 0.3) is 0 Å². The van der Waals surface area contributed by atoms with Crippen molar-refractivity contribution in [1.29, 1.82) is 0 Å². The molecule has 0 aliphatic rings. The van der Waals surface area contributed by atoms with Gasteiger partial charge >= 0.3 is 0 Å². The van der Waals surface area contributed by atoms with E-state index < -0.39 is 0 Å². The standard InChI is InChI=1S/C11H8N.C10H9NO.Ir/c1-2-6-10(7-3-1)11-8-4-5-9-12-11;12-7-9-6-5-8-3-1-2-4-10(8)11-9;/h1-6,8-9H;1-6,12H,7H2;/q-1;;. The van der Waals surface area contributed by atoms with Crippen LogP contribution in [0.1, 0.15) is 5.69 Å². The Kier molecular flexibility index (Phi) is 7.42. The fraction of sp³-hybridized carbons (Fsp3) is 0.0476. The molecule has 1 radical (unpaired) electrons. The Morgan fingerprint density at radius 1 is 0.840 bits per heavy atom. The van der Waals surface area contributed by atoms with E-state index in [0.717, 1.165) is 22.2 Å². The summed E-state index contributed by atoms with van der Waals surface area (Å²) in [5, 5.41) is 9.94. The average Bonchev–Trinajstić information content (AvgIpc) is 2.69. The third kappa shape index (κ3) is 5.30. The molecular formula is C21H17IrN2O-. The molecule has 3 nitrogen and oxygen atoms in total. The Morgan fingerprint density at radius 2 is 1.64 bits per heavy atom. The molecule has 4 aromatic rings. The monoisotopic (exact) mass is 506 g/mol. The van der Waals surface area contributed by atoms with Crippen LogP contribution in [0, 0.1) is 6.07 Å². The molecule has 0 bridgehead atoms. The molecule has 127 valence electrons. The van der Waals surface area contributed by atoms with E-state index in [2.05, 4.69) is 16.0 Å². The Balaban J connectivity index is 0.000000173. The van der Waals surface area contributed by atoms with E-state index in [0.29, 0.717) is 5.69 Å². The van der Waals surface area contributed by atoms with Gasteiger partial charge in [-0.05, 0) is 23.9 Å². The zero-order valence-electron chi connectivity index (χ0n) is 13.5. The summed E-state index contributed by atoms with van der Waals surface area (Å²) < 4.78 is 0. The molecule has 0 saturated carbocycles. The van der Waals surface area contributed by atoms with Crippen molar-refractivity contribution in [2.45, 2.75) is 6.61 Å². The first-order valence-electron chi connectivity index (χ1n) is 7.70. The molecule has 0 aliphatic carbocycles. The second-order valence-corrected chi connectivity index (χ2v) is 5.14. The summed E-state index contributed by atoms with van der Waals surface area (Å²) in [5.41, 5.74) is 3.66. The van der Waals surface area contributed by atoms with Gasteiger partial charge in [-0.25, -0.2) is 0 Å². The van der Waals surface area contributed by atoms with Crippen LogP contribution in [-0.2, 0) is 26.7 Å². The quantitative estimate of drug-likeness (QED) is 0.414. The zero-order chi connectivity index (χ0) is 16.6. The number of para-hydroxylation sites is 1. The van der Waals surface area contributed by atoms with Crippen molar-refractivity contribution < 1.29 is 25.2 Å². The van der Waals surface area contributed by atoms with E-state index in [-0.39, 0.29) is 26.7 Å². The number of fused-ring (bicyclic) bond motifs is 1. The Labute approximate surface area is 160 Å². The largest absolute Gasteiger partial charge is 0.390 e. The molecule has 0 saturated heterocycles. The maximum absolute atomic E-state index is 8.83. The molecule has 0 unspecified atom stereocenters. The van der Waals surface area contributed by atoms with E-state index in [1.807, 2.05) is 78.9 Å². The second kappa shape index (κ2) is 9.80. The number of hydrogen-bond donors (Lipinski definition) is 1. The van der Waals surface area contributed by atoms with Crippen LogP contribution in [-0.4, -0.2) is 15.1 Å². The van der Waals surface area contributed by atoms with Gasteiger partial charge in [-0.3, -0.25) is 4.98 Å². The molecule has 2 aromatic carbocycles. The third-order valence-electron chi connectivity index (χ3n) is 3.47. The van der Waals surface area contributed by atoms with Crippen LogP contribution < -0.4 is 0 Å². The van der Waals surface area contributed by atoms with Gasteiger partial charge in [-0.2, -0.15) is 0 Å². The molecule has 2 aromatic heterocycles. The van der Waals surface area contributed by atoms with E-state index in [9.17, 15) is 0 Å². The number of aliphatic hydroxyl groups is 1. The van der Waals surface area contributed by atoms with Gasteiger partial charge in [0.1, 0.15) is 0 Å². The summed E-state index contributed by atoms with van der Waals surface area (Å²) in [4.78, 5) is 8.46. The van der Waals surface area contributed by atoms with E-state index in [4.69, 9.17) is 5.11 Å². The molecule has 0 spiro atoms. The molecular weight excluding hydrogens is 488 g/mol. The van der Waals surface area contributed by atoms with Crippen molar-refractivity contribution in [3.05, 3.63) is 96.8 Å². The van der Waals surface area contributed by atoms with Crippen LogP contribution in [0.5, 0.6) is 0 Å². The fourth-order valence-corrected chi connectivity index (χ4v) is 2.27. The van der Waals surface area contributed by atoms with Crippen LogP contribution in [0.25, 0.3) is 22.2 Å². The maximum atomic E-state index is 8.83. The number of nitrogens with zero attached hydrogens (tertiary/aromatic N) is 2. The van der Waals surface area contributed by atoms with Crippen LogP contribution in [0.2, 0.25) is 0 Å². The zero-order valence-corrected chi connectivity index (χ0v) is 15.9. The molecule has 0 fully saturated rings. The topological polar surface area (TPSA) is 46.0 Å². The number of aliphatic hydroxyl groups excluding tert-OH is 1. The van der Waals surface area contributed by atoms with Crippen LogP contribution in [0.15, 0.2) is 85.1 Å². The molecule has 1 N–H and O–H groups in total. The molecule has 2 heterocycles. The SMILES string of the molecule is OCc1ccc2ccccc2n1.[Ir].[c-]1ccccc1-c1ccccn1. The van der Waals surface area contributed by atoms with E-state index in [1.54, 1.807) is 6.20 Å².